The third-order valence-electron chi connectivity index (χ3n) is 2.33. The number of carbonyl (C=O) groups excluding carboxylic acids is 1. The summed E-state index contributed by atoms with van der Waals surface area (Å²) in [5.74, 6) is 0.464. The third-order valence-corrected chi connectivity index (χ3v) is 2.33. The summed E-state index contributed by atoms with van der Waals surface area (Å²) in [4.78, 5) is 11.4. The van der Waals surface area contributed by atoms with E-state index in [0.29, 0.717) is 6.61 Å². The Morgan fingerprint density at radius 2 is 1.88 bits per heavy atom. The van der Waals surface area contributed by atoms with Gasteiger partial charge in [-0.25, -0.2) is 0 Å². The van der Waals surface area contributed by atoms with Gasteiger partial charge in [-0.3, -0.25) is 4.79 Å². The van der Waals surface area contributed by atoms with E-state index >= 15 is 0 Å². The second kappa shape index (κ2) is 6.91. The largest absolute Gasteiger partial charge is 0.490 e. The molecule has 0 heterocycles. The van der Waals surface area contributed by atoms with E-state index in [1.165, 1.54) is 0 Å². The highest BCUT2D eigenvalue weighted by Crippen LogP contribution is 2.07. The van der Waals surface area contributed by atoms with Crippen molar-refractivity contribution < 1.29 is 14.3 Å². The van der Waals surface area contributed by atoms with E-state index in [-0.39, 0.29) is 18.5 Å². The lowest BCUT2D eigenvalue weighted by atomic mass is 10.1. The number of hydrogen-bond donors (Lipinski definition) is 1. The van der Waals surface area contributed by atoms with Crippen molar-refractivity contribution in [2.24, 2.45) is 11.7 Å². The number of ether oxygens (including phenoxy) is 2. The van der Waals surface area contributed by atoms with Gasteiger partial charge in [0.2, 0.25) is 0 Å². The minimum absolute atomic E-state index is 0.0811. The average molecular weight is 237 g/mol. The smallest absolute Gasteiger partial charge is 0.323 e. The number of benzene rings is 1. The van der Waals surface area contributed by atoms with Gasteiger partial charge in [-0.2, -0.15) is 0 Å². The molecule has 0 amide bonds. The van der Waals surface area contributed by atoms with Gasteiger partial charge >= 0.3 is 5.97 Å². The molecule has 0 saturated carbocycles. The predicted molar refractivity (Wildman–Crippen MR) is 65.7 cm³/mol. The van der Waals surface area contributed by atoms with Gasteiger partial charge in [-0.15, -0.1) is 0 Å². The monoisotopic (exact) mass is 237 g/mol. The summed E-state index contributed by atoms with van der Waals surface area (Å²) in [6, 6.07) is 8.82. The maximum absolute atomic E-state index is 11.4. The summed E-state index contributed by atoms with van der Waals surface area (Å²) >= 11 is 0. The Morgan fingerprint density at radius 1 is 1.24 bits per heavy atom. The van der Waals surface area contributed by atoms with E-state index in [1.54, 1.807) is 0 Å². The Balaban J connectivity index is 2.18. The highest BCUT2D eigenvalue weighted by Gasteiger charge is 2.18. The SMILES string of the molecule is CC(C)C(N)C(=O)OCCOc1ccccc1. The molecule has 1 atom stereocenters. The molecule has 0 aliphatic rings. The molecule has 0 aliphatic carbocycles. The fraction of sp³-hybridized carbons (Fsp3) is 0.462. The number of para-hydroxylation sites is 1. The Hall–Kier alpha value is -1.55. The summed E-state index contributed by atoms with van der Waals surface area (Å²) in [6.07, 6.45) is 0. The van der Waals surface area contributed by atoms with Gasteiger partial charge in [-0.1, -0.05) is 32.0 Å². The van der Waals surface area contributed by atoms with E-state index in [2.05, 4.69) is 0 Å². The number of rotatable bonds is 6. The van der Waals surface area contributed by atoms with Crippen molar-refractivity contribution in [1.82, 2.24) is 0 Å². The summed E-state index contributed by atoms with van der Waals surface area (Å²) in [7, 11) is 0. The Kier molecular flexibility index (Phi) is 5.49. The van der Waals surface area contributed by atoms with E-state index in [0.717, 1.165) is 5.75 Å². The van der Waals surface area contributed by atoms with Crippen molar-refractivity contribution in [1.29, 1.82) is 0 Å². The molecule has 94 valence electrons. The van der Waals surface area contributed by atoms with Gasteiger partial charge in [0.1, 0.15) is 25.0 Å². The molecule has 0 aliphatic heterocycles. The van der Waals surface area contributed by atoms with Crippen molar-refractivity contribution >= 4 is 5.97 Å². The molecule has 0 radical (unpaired) electrons. The molecule has 4 nitrogen and oxygen atoms in total. The summed E-state index contributed by atoms with van der Waals surface area (Å²) in [6.45, 7) is 4.31. The lowest BCUT2D eigenvalue weighted by molar-refractivity contribution is -0.147. The van der Waals surface area contributed by atoms with Crippen LogP contribution in [-0.4, -0.2) is 25.2 Å². The van der Waals surface area contributed by atoms with Gasteiger partial charge in [-0.05, 0) is 18.1 Å². The van der Waals surface area contributed by atoms with Crippen molar-refractivity contribution in [2.75, 3.05) is 13.2 Å². The fourth-order valence-corrected chi connectivity index (χ4v) is 1.19. The first-order valence-corrected chi connectivity index (χ1v) is 5.71. The molecule has 0 aromatic heterocycles. The molecule has 2 N–H and O–H groups in total. The molecule has 1 rings (SSSR count). The summed E-state index contributed by atoms with van der Waals surface area (Å²) in [5, 5.41) is 0. The Morgan fingerprint density at radius 3 is 2.47 bits per heavy atom. The zero-order valence-electron chi connectivity index (χ0n) is 10.3. The van der Waals surface area contributed by atoms with Gasteiger partial charge in [0.05, 0.1) is 0 Å². The predicted octanol–water partition coefficient (Wildman–Crippen LogP) is 1.59. The lowest BCUT2D eigenvalue weighted by Gasteiger charge is -2.14. The molecule has 1 aromatic carbocycles. The molecule has 4 heteroatoms. The molecule has 1 aromatic rings. The van der Waals surface area contributed by atoms with Gasteiger partial charge < -0.3 is 15.2 Å². The number of nitrogens with two attached hydrogens (primary N) is 1. The molecule has 0 bridgehead atoms. The van der Waals surface area contributed by atoms with E-state index < -0.39 is 6.04 Å². The standard InChI is InChI=1S/C13H19NO3/c1-10(2)12(14)13(15)17-9-8-16-11-6-4-3-5-7-11/h3-7,10,12H,8-9,14H2,1-2H3. The van der Waals surface area contributed by atoms with Crippen molar-refractivity contribution in [3.63, 3.8) is 0 Å². The van der Waals surface area contributed by atoms with E-state index in [1.807, 2.05) is 44.2 Å². The Labute approximate surface area is 102 Å². The second-order valence-corrected chi connectivity index (χ2v) is 4.10. The zero-order valence-corrected chi connectivity index (χ0v) is 10.3. The third kappa shape index (κ3) is 4.87. The highest BCUT2D eigenvalue weighted by atomic mass is 16.6. The minimum Gasteiger partial charge on any atom is -0.490 e. The molecule has 0 fully saturated rings. The van der Waals surface area contributed by atoms with Crippen LogP contribution in [0.2, 0.25) is 0 Å². The van der Waals surface area contributed by atoms with E-state index in [4.69, 9.17) is 15.2 Å². The molecule has 0 saturated heterocycles. The molecule has 1 unspecified atom stereocenters. The zero-order chi connectivity index (χ0) is 12.7. The Bertz CT molecular complexity index is 338. The van der Waals surface area contributed by atoms with Crippen molar-refractivity contribution in [3.8, 4) is 5.75 Å². The quantitative estimate of drug-likeness (QED) is 0.603. The second-order valence-electron chi connectivity index (χ2n) is 4.10. The van der Waals surface area contributed by atoms with Crippen molar-refractivity contribution in [2.45, 2.75) is 19.9 Å². The molecule has 0 spiro atoms. The average Bonchev–Trinajstić information content (AvgIpc) is 2.34. The topological polar surface area (TPSA) is 61.6 Å². The van der Waals surface area contributed by atoms with Crippen LogP contribution in [-0.2, 0) is 9.53 Å². The van der Waals surface area contributed by atoms with Gasteiger partial charge in [0, 0.05) is 0 Å². The normalized spacial score (nSPS) is 12.2. The van der Waals surface area contributed by atoms with Crippen LogP contribution in [0.25, 0.3) is 0 Å². The number of esters is 1. The van der Waals surface area contributed by atoms with Crippen LogP contribution in [0.5, 0.6) is 5.75 Å². The molecular formula is C13H19NO3. The van der Waals surface area contributed by atoms with Crippen LogP contribution in [0.1, 0.15) is 13.8 Å². The maximum Gasteiger partial charge on any atom is 0.323 e. The van der Waals surface area contributed by atoms with Crippen LogP contribution in [0.15, 0.2) is 30.3 Å². The fourth-order valence-electron chi connectivity index (χ4n) is 1.19. The summed E-state index contributed by atoms with van der Waals surface area (Å²) < 4.78 is 10.4. The minimum atomic E-state index is -0.563. The first-order chi connectivity index (χ1) is 8.11. The van der Waals surface area contributed by atoms with E-state index in [9.17, 15) is 4.79 Å². The van der Waals surface area contributed by atoms with Crippen LogP contribution in [0.3, 0.4) is 0 Å². The van der Waals surface area contributed by atoms with Crippen LogP contribution >= 0.6 is 0 Å². The van der Waals surface area contributed by atoms with Crippen LogP contribution in [0.4, 0.5) is 0 Å². The summed E-state index contributed by atoms with van der Waals surface area (Å²) in [5.41, 5.74) is 5.64. The van der Waals surface area contributed by atoms with Crippen molar-refractivity contribution in [3.05, 3.63) is 30.3 Å². The number of hydrogen-bond acceptors (Lipinski definition) is 4. The van der Waals surface area contributed by atoms with Crippen LogP contribution < -0.4 is 10.5 Å². The first kappa shape index (κ1) is 13.5. The highest BCUT2D eigenvalue weighted by molar-refractivity contribution is 5.75. The number of carbonyl (C=O) groups is 1. The molecular weight excluding hydrogens is 218 g/mol. The molecule has 17 heavy (non-hydrogen) atoms. The van der Waals surface area contributed by atoms with Crippen LogP contribution in [0, 0.1) is 5.92 Å². The first-order valence-electron chi connectivity index (χ1n) is 5.71. The maximum atomic E-state index is 11.4. The van der Waals surface area contributed by atoms with Gasteiger partial charge in [0.25, 0.3) is 0 Å². The van der Waals surface area contributed by atoms with Gasteiger partial charge in [0.15, 0.2) is 0 Å². The lowest BCUT2D eigenvalue weighted by Crippen LogP contribution is -2.37.